The molecule has 0 bridgehead atoms. The van der Waals surface area contributed by atoms with Crippen molar-refractivity contribution < 1.29 is 4.74 Å². The number of methoxy groups -OCH3 is 1. The Labute approximate surface area is 166 Å². The number of nitrogens with one attached hydrogen (secondary N) is 1. The zero-order valence-electron chi connectivity index (χ0n) is 15.3. The van der Waals surface area contributed by atoms with Crippen LogP contribution in [0.5, 0.6) is 5.75 Å². The van der Waals surface area contributed by atoms with Crippen LogP contribution in [0.25, 0.3) is 33.1 Å². The van der Waals surface area contributed by atoms with E-state index in [1.54, 1.807) is 13.3 Å². The molecule has 138 valence electrons. The van der Waals surface area contributed by atoms with Gasteiger partial charge in [-0.25, -0.2) is 0 Å². The van der Waals surface area contributed by atoms with Crippen molar-refractivity contribution >= 4 is 37.7 Å². The number of nitrogens with zero attached hydrogens (tertiary/aromatic N) is 1. The van der Waals surface area contributed by atoms with Gasteiger partial charge in [-0.3, -0.25) is 4.98 Å². The number of aryl methyl sites for hydroxylation is 1. The quantitative estimate of drug-likeness (QED) is 0.406. The lowest BCUT2D eigenvalue weighted by atomic mass is 9.97. The number of hydrogen-bond donors (Lipinski definition) is 2. The molecule has 0 saturated heterocycles. The average Bonchev–Trinajstić information content (AvgIpc) is 3.07. The first-order chi connectivity index (χ1) is 13.2. The van der Waals surface area contributed by atoms with E-state index < -0.39 is 0 Å². The van der Waals surface area contributed by atoms with E-state index in [1.807, 2.05) is 12.1 Å². The fourth-order valence-corrected chi connectivity index (χ4v) is 4.17. The summed E-state index contributed by atoms with van der Waals surface area (Å²) in [4.78, 5) is 8.21. The van der Waals surface area contributed by atoms with E-state index in [2.05, 4.69) is 56.2 Å². The molecule has 0 fully saturated rings. The van der Waals surface area contributed by atoms with Gasteiger partial charge in [-0.05, 0) is 71.6 Å². The van der Waals surface area contributed by atoms with E-state index in [1.165, 1.54) is 10.9 Å². The van der Waals surface area contributed by atoms with Crippen LogP contribution in [0.3, 0.4) is 0 Å². The van der Waals surface area contributed by atoms with Crippen LogP contribution in [-0.4, -0.2) is 23.6 Å². The number of H-pyrrole nitrogens is 1. The van der Waals surface area contributed by atoms with Crippen molar-refractivity contribution in [3.8, 4) is 17.0 Å². The van der Waals surface area contributed by atoms with Gasteiger partial charge >= 0.3 is 0 Å². The van der Waals surface area contributed by atoms with E-state index in [-0.39, 0.29) is 0 Å². The zero-order valence-corrected chi connectivity index (χ0v) is 16.8. The number of aromatic amines is 1. The van der Waals surface area contributed by atoms with Crippen LogP contribution in [0.2, 0.25) is 0 Å². The molecule has 27 heavy (non-hydrogen) atoms. The Morgan fingerprint density at radius 2 is 1.93 bits per heavy atom. The summed E-state index contributed by atoms with van der Waals surface area (Å²) in [5.74, 6) is 0.788. The van der Waals surface area contributed by atoms with Gasteiger partial charge in [-0.2, -0.15) is 0 Å². The van der Waals surface area contributed by atoms with Gasteiger partial charge in [0.1, 0.15) is 11.3 Å². The number of unbranched alkanes of at least 4 members (excludes halogenated alkanes) is 1. The maximum absolute atomic E-state index is 5.72. The number of aromatic nitrogens is 2. The number of nitrogens with two attached hydrogens (primary N) is 1. The van der Waals surface area contributed by atoms with Gasteiger partial charge in [0.2, 0.25) is 0 Å². The molecule has 0 amide bonds. The Hall–Kier alpha value is -2.37. The Morgan fingerprint density at radius 1 is 1.07 bits per heavy atom. The smallest absolute Gasteiger partial charge is 0.145 e. The van der Waals surface area contributed by atoms with Gasteiger partial charge in [0, 0.05) is 27.0 Å². The van der Waals surface area contributed by atoms with Gasteiger partial charge in [-0.15, -0.1) is 0 Å². The third-order valence-corrected chi connectivity index (χ3v) is 5.65. The molecule has 0 spiro atoms. The summed E-state index contributed by atoms with van der Waals surface area (Å²) in [6, 6.07) is 14.5. The summed E-state index contributed by atoms with van der Waals surface area (Å²) in [5, 5.41) is 2.34. The van der Waals surface area contributed by atoms with Crippen molar-refractivity contribution in [2.45, 2.75) is 19.3 Å². The van der Waals surface area contributed by atoms with Gasteiger partial charge in [0.05, 0.1) is 18.3 Å². The SMILES string of the molecule is COc1ccc(-c2[nH]c3c(Br)cccc3c2CCCCN)c2cccnc12. The molecule has 0 aliphatic heterocycles. The van der Waals surface area contributed by atoms with Crippen molar-refractivity contribution in [1.82, 2.24) is 9.97 Å². The van der Waals surface area contributed by atoms with Crippen LogP contribution in [0, 0.1) is 0 Å². The normalized spacial score (nSPS) is 11.4. The average molecular weight is 424 g/mol. The summed E-state index contributed by atoms with van der Waals surface area (Å²) >= 11 is 3.69. The van der Waals surface area contributed by atoms with Crippen molar-refractivity contribution in [2.75, 3.05) is 13.7 Å². The van der Waals surface area contributed by atoms with Crippen LogP contribution < -0.4 is 10.5 Å². The molecule has 0 unspecified atom stereocenters. The second-order valence-electron chi connectivity index (χ2n) is 6.60. The number of hydrogen-bond acceptors (Lipinski definition) is 3. The number of ether oxygens (including phenoxy) is 1. The number of fused-ring (bicyclic) bond motifs is 2. The Kier molecular flexibility index (Phi) is 5.14. The van der Waals surface area contributed by atoms with Gasteiger partial charge < -0.3 is 15.5 Å². The van der Waals surface area contributed by atoms with E-state index in [0.717, 1.165) is 63.7 Å². The minimum Gasteiger partial charge on any atom is -0.494 e. The molecule has 0 aliphatic carbocycles. The Balaban J connectivity index is 1.97. The maximum Gasteiger partial charge on any atom is 0.145 e. The first kappa shape index (κ1) is 18.0. The third kappa shape index (κ3) is 3.22. The molecule has 4 nitrogen and oxygen atoms in total. The molecular weight excluding hydrogens is 402 g/mol. The number of para-hydroxylation sites is 1. The molecule has 0 radical (unpaired) electrons. The molecule has 3 N–H and O–H groups in total. The van der Waals surface area contributed by atoms with Crippen molar-refractivity contribution in [2.24, 2.45) is 5.73 Å². The lowest BCUT2D eigenvalue weighted by molar-refractivity contribution is 0.419. The molecule has 4 aromatic rings. The van der Waals surface area contributed by atoms with Crippen LogP contribution in [0.4, 0.5) is 0 Å². The van der Waals surface area contributed by atoms with Crippen molar-refractivity contribution in [3.05, 3.63) is 58.7 Å². The topological polar surface area (TPSA) is 63.9 Å². The van der Waals surface area contributed by atoms with Crippen LogP contribution in [-0.2, 0) is 6.42 Å². The number of rotatable bonds is 6. The second kappa shape index (κ2) is 7.71. The predicted octanol–water partition coefficient (Wildman–Crippen LogP) is 5.44. The largest absolute Gasteiger partial charge is 0.494 e. The highest BCUT2D eigenvalue weighted by Gasteiger charge is 2.17. The lowest BCUT2D eigenvalue weighted by Crippen LogP contribution is -1.99. The third-order valence-electron chi connectivity index (χ3n) is 4.99. The van der Waals surface area contributed by atoms with Crippen molar-refractivity contribution in [3.63, 3.8) is 0 Å². The highest BCUT2D eigenvalue weighted by Crippen LogP contribution is 2.39. The van der Waals surface area contributed by atoms with Gasteiger partial charge in [-0.1, -0.05) is 18.2 Å². The first-order valence-corrected chi connectivity index (χ1v) is 9.95. The van der Waals surface area contributed by atoms with E-state index in [9.17, 15) is 0 Å². The summed E-state index contributed by atoms with van der Waals surface area (Å²) in [6.45, 7) is 0.719. The number of halogens is 1. The fraction of sp³-hybridized carbons (Fsp3) is 0.227. The standard InChI is InChI=1S/C22H22BrN3O/c1-27-19-11-10-17(16-8-5-13-25-22(16)19)20-14(6-2-3-12-24)15-7-4-9-18(23)21(15)26-20/h4-5,7-11,13,26H,2-3,6,12,24H2,1H3. The zero-order chi connectivity index (χ0) is 18.8. The Morgan fingerprint density at radius 3 is 2.74 bits per heavy atom. The molecule has 4 rings (SSSR count). The molecule has 5 heteroatoms. The van der Waals surface area contributed by atoms with E-state index in [4.69, 9.17) is 10.5 Å². The number of benzene rings is 2. The molecule has 2 heterocycles. The van der Waals surface area contributed by atoms with Crippen LogP contribution in [0.15, 0.2) is 53.1 Å². The molecule has 0 atom stereocenters. The Bertz CT molecular complexity index is 1100. The van der Waals surface area contributed by atoms with E-state index in [0.29, 0.717) is 0 Å². The van der Waals surface area contributed by atoms with Gasteiger partial charge in [0.15, 0.2) is 0 Å². The fourth-order valence-electron chi connectivity index (χ4n) is 3.70. The summed E-state index contributed by atoms with van der Waals surface area (Å²) < 4.78 is 6.58. The predicted molar refractivity (Wildman–Crippen MR) is 115 cm³/mol. The summed E-state index contributed by atoms with van der Waals surface area (Å²) in [6.07, 6.45) is 4.87. The minimum atomic E-state index is 0.719. The molecule has 2 aromatic carbocycles. The molecular formula is C22H22BrN3O. The number of pyridine rings is 1. The maximum atomic E-state index is 5.72. The minimum absolute atomic E-state index is 0.719. The van der Waals surface area contributed by atoms with Crippen LogP contribution in [0.1, 0.15) is 18.4 Å². The van der Waals surface area contributed by atoms with E-state index >= 15 is 0 Å². The lowest BCUT2D eigenvalue weighted by Gasteiger charge is -2.11. The highest BCUT2D eigenvalue weighted by atomic mass is 79.9. The highest BCUT2D eigenvalue weighted by molar-refractivity contribution is 9.10. The summed E-state index contributed by atoms with van der Waals surface area (Å²) in [7, 11) is 1.68. The molecule has 2 aromatic heterocycles. The monoisotopic (exact) mass is 423 g/mol. The van der Waals surface area contributed by atoms with Crippen LogP contribution >= 0.6 is 15.9 Å². The summed E-state index contributed by atoms with van der Waals surface area (Å²) in [5.41, 5.74) is 11.3. The first-order valence-electron chi connectivity index (χ1n) is 9.16. The molecule has 0 saturated carbocycles. The second-order valence-corrected chi connectivity index (χ2v) is 7.46. The molecule has 0 aliphatic rings. The van der Waals surface area contributed by atoms with Crippen molar-refractivity contribution in [1.29, 1.82) is 0 Å². The van der Waals surface area contributed by atoms with Gasteiger partial charge in [0.25, 0.3) is 0 Å².